The number of carbonyl (C=O) groups is 1. The molecule has 1 heterocycles. The maximum absolute atomic E-state index is 12.3. The minimum absolute atomic E-state index is 0.0331. The Kier molecular flexibility index (Phi) is 8.29. The molecule has 8 nitrogen and oxygen atoms in total. The smallest absolute Gasteiger partial charge is 0.306 e. The number of aromatic hydroxyl groups is 1. The van der Waals surface area contributed by atoms with Crippen LogP contribution < -0.4 is 14.9 Å². The van der Waals surface area contributed by atoms with Crippen molar-refractivity contribution in [3.05, 3.63) is 51.6 Å². The summed E-state index contributed by atoms with van der Waals surface area (Å²) in [5.74, 6) is -1.25. The van der Waals surface area contributed by atoms with Crippen LogP contribution in [0.15, 0.2) is 33.5 Å². The number of hydrogen-bond donors (Lipinski definition) is 2. The van der Waals surface area contributed by atoms with Crippen LogP contribution in [0.3, 0.4) is 0 Å². The molecule has 2 N–H and O–H groups in total. The van der Waals surface area contributed by atoms with Gasteiger partial charge in [0, 0.05) is 11.6 Å². The molecule has 0 aliphatic heterocycles. The Bertz CT molecular complexity index is 916. The van der Waals surface area contributed by atoms with Crippen molar-refractivity contribution in [3.63, 3.8) is 0 Å². The third-order valence-electron chi connectivity index (χ3n) is 4.31. The predicted molar refractivity (Wildman–Crippen MR) is 109 cm³/mol. The second-order valence-corrected chi connectivity index (χ2v) is 7.09. The first-order chi connectivity index (χ1) is 14.3. The van der Waals surface area contributed by atoms with Crippen molar-refractivity contribution in [1.82, 2.24) is 0 Å². The number of para-hydroxylation sites is 1. The largest absolute Gasteiger partial charge is 0.502 e. The highest BCUT2D eigenvalue weighted by molar-refractivity contribution is 5.72. The molecule has 1 aromatic carbocycles. The van der Waals surface area contributed by atoms with Crippen LogP contribution in [0.1, 0.15) is 50.2 Å². The van der Waals surface area contributed by atoms with E-state index in [0.717, 1.165) is 6.07 Å². The summed E-state index contributed by atoms with van der Waals surface area (Å²) >= 11 is 0. The second kappa shape index (κ2) is 10.7. The minimum Gasteiger partial charge on any atom is -0.502 e. The van der Waals surface area contributed by atoms with Crippen LogP contribution in [-0.4, -0.2) is 36.5 Å². The summed E-state index contributed by atoms with van der Waals surface area (Å²) in [5.41, 5.74) is -0.238. The molecule has 0 bridgehead atoms. The van der Waals surface area contributed by atoms with Crippen molar-refractivity contribution in [2.24, 2.45) is 5.92 Å². The summed E-state index contributed by atoms with van der Waals surface area (Å²) in [6.45, 7) is 5.67. The number of hydrogen-bond acceptors (Lipinski definition) is 8. The first-order valence-electron chi connectivity index (χ1n) is 9.74. The van der Waals surface area contributed by atoms with Gasteiger partial charge < -0.3 is 28.8 Å². The van der Waals surface area contributed by atoms with E-state index in [1.165, 1.54) is 7.11 Å². The van der Waals surface area contributed by atoms with Crippen LogP contribution >= 0.6 is 0 Å². The molecular formula is C22H28O8. The summed E-state index contributed by atoms with van der Waals surface area (Å²) in [5, 5.41) is 19.8. The maximum Gasteiger partial charge on any atom is 0.306 e. The highest BCUT2D eigenvalue weighted by atomic mass is 16.5. The Morgan fingerprint density at radius 2 is 2.00 bits per heavy atom. The average Bonchev–Trinajstić information content (AvgIpc) is 2.72. The fraction of sp³-hybridized carbons (Fsp3) is 0.455. The number of aliphatic hydroxyl groups is 1. The molecule has 2 rings (SSSR count). The number of aliphatic hydroxyl groups excluding tert-OH is 1. The molecule has 30 heavy (non-hydrogen) atoms. The molecule has 1 unspecified atom stereocenters. The Balaban J connectivity index is 2.69. The van der Waals surface area contributed by atoms with Gasteiger partial charge >= 0.3 is 5.97 Å². The fourth-order valence-electron chi connectivity index (χ4n) is 2.97. The summed E-state index contributed by atoms with van der Waals surface area (Å²) in [6.07, 6.45) is -0.218. The summed E-state index contributed by atoms with van der Waals surface area (Å²) in [6, 6.07) is 6.12. The molecule has 8 heteroatoms. The lowest BCUT2D eigenvalue weighted by Gasteiger charge is -2.22. The van der Waals surface area contributed by atoms with Gasteiger partial charge in [-0.1, -0.05) is 26.0 Å². The number of ether oxygens (including phenoxy) is 3. The number of carbonyl (C=O) groups excluding carboxylic acids is 1. The lowest BCUT2D eigenvalue weighted by Crippen LogP contribution is -2.16. The topological polar surface area (TPSA) is 115 Å². The van der Waals surface area contributed by atoms with Crippen molar-refractivity contribution in [3.8, 4) is 17.2 Å². The predicted octanol–water partition coefficient (Wildman–Crippen LogP) is 2.97. The van der Waals surface area contributed by atoms with Gasteiger partial charge in [0.15, 0.2) is 17.3 Å². The molecule has 164 valence electrons. The van der Waals surface area contributed by atoms with Gasteiger partial charge in [-0.05, 0) is 18.9 Å². The Labute approximate surface area is 175 Å². The van der Waals surface area contributed by atoms with E-state index in [1.807, 2.05) is 13.8 Å². The molecule has 0 aliphatic rings. The zero-order chi connectivity index (χ0) is 22.3. The van der Waals surface area contributed by atoms with Crippen molar-refractivity contribution in [1.29, 1.82) is 0 Å². The van der Waals surface area contributed by atoms with E-state index in [4.69, 9.17) is 18.6 Å². The summed E-state index contributed by atoms with van der Waals surface area (Å²) in [4.78, 5) is 24.5. The van der Waals surface area contributed by atoms with Crippen molar-refractivity contribution >= 4 is 5.97 Å². The first-order valence-corrected chi connectivity index (χ1v) is 9.74. The lowest BCUT2D eigenvalue weighted by molar-refractivity contribution is -0.143. The van der Waals surface area contributed by atoms with E-state index in [0.29, 0.717) is 23.7 Å². The first kappa shape index (κ1) is 23.3. The number of rotatable bonds is 10. The van der Waals surface area contributed by atoms with E-state index >= 15 is 0 Å². The molecular weight excluding hydrogens is 392 g/mol. The molecule has 0 saturated carbocycles. The van der Waals surface area contributed by atoms with Gasteiger partial charge in [-0.2, -0.15) is 0 Å². The zero-order valence-corrected chi connectivity index (χ0v) is 17.6. The van der Waals surface area contributed by atoms with Crippen molar-refractivity contribution < 1.29 is 33.6 Å². The van der Waals surface area contributed by atoms with E-state index in [2.05, 4.69) is 0 Å². The number of methoxy groups -OCH3 is 1. The molecule has 0 radical (unpaired) electrons. The van der Waals surface area contributed by atoms with Crippen molar-refractivity contribution in [2.45, 2.75) is 39.7 Å². The summed E-state index contributed by atoms with van der Waals surface area (Å²) in [7, 11) is 1.49. The van der Waals surface area contributed by atoms with E-state index in [-0.39, 0.29) is 30.5 Å². The SMILES string of the molecule is CCOC(=O)CC(c1cccc(OC)c1OCC(C)C)c1oc(CO)cc(=O)c1O. The van der Waals surface area contributed by atoms with E-state index < -0.39 is 29.7 Å². The van der Waals surface area contributed by atoms with E-state index in [9.17, 15) is 19.8 Å². The normalized spacial score (nSPS) is 11.9. The van der Waals surface area contributed by atoms with Gasteiger partial charge in [0.1, 0.15) is 12.4 Å². The molecule has 0 fully saturated rings. The fourth-order valence-corrected chi connectivity index (χ4v) is 2.97. The van der Waals surface area contributed by atoms with Crippen LogP contribution in [0, 0.1) is 5.92 Å². The number of benzene rings is 1. The minimum atomic E-state index is -0.902. The molecule has 0 aliphatic carbocycles. The molecule has 0 amide bonds. The molecule has 1 atom stereocenters. The highest BCUT2D eigenvalue weighted by Gasteiger charge is 2.30. The third-order valence-corrected chi connectivity index (χ3v) is 4.31. The van der Waals surface area contributed by atoms with Crippen LogP contribution in [0.2, 0.25) is 0 Å². The molecule has 2 aromatic rings. The van der Waals surface area contributed by atoms with Gasteiger partial charge in [0.25, 0.3) is 0 Å². The van der Waals surface area contributed by atoms with Crippen LogP contribution in [0.25, 0.3) is 0 Å². The molecule has 1 aromatic heterocycles. The highest BCUT2D eigenvalue weighted by Crippen LogP contribution is 2.42. The number of esters is 1. The van der Waals surface area contributed by atoms with Crippen LogP contribution in [-0.2, 0) is 16.1 Å². The van der Waals surface area contributed by atoms with Crippen LogP contribution in [0.4, 0.5) is 0 Å². The van der Waals surface area contributed by atoms with Crippen molar-refractivity contribution in [2.75, 3.05) is 20.3 Å². The summed E-state index contributed by atoms with van der Waals surface area (Å²) < 4.78 is 22.0. The Morgan fingerprint density at radius 3 is 2.60 bits per heavy atom. The zero-order valence-electron chi connectivity index (χ0n) is 17.6. The Morgan fingerprint density at radius 1 is 1.27 bits per heavy atom. The Hall–Kier alpha value is -3.00. The van der Waals surface area contributed by atoms with Gasteiger partial charge in [0.05, 0.1) is 32.7 Å². The third kappa shape index (κ3) is 5.54. The quantitative estimate of drug-likeness (QED) is 0.564. The van der Waals surface area contributed by atoms with E-state index in [1.54, 1.807) is 25.1 Å². The monoisotopic (exact) mass is 420 g/mol. The van der Waals surface area contributed by atoms with Gasteiger partial charge in [0.2, 0.25) is 11.2 Å². The standard InChI is InChI=1S/C22H28O8/c1-5-28-19(25)10-16(22-20(26)17(24)9-14(11-23)30-22)15-7-6-8-18(27-4)21(15)29-12-13(2)3/h6-9,13,16,23,26H,5,10-12H2,1-4H3. The van der Waals surface area contributed by atoms with Gasteiger partial charge in [-0.25, -0.2) is 0 Å². The van der Waals surface area contributed by atoms with Crippen LogP contribution in [0.5, 0.6) is 17.2 Å². The molecule has 0 spiro atoms. The van der Waals surface area contributed by atoms with Gasteiger partial charge in [-0.15, -0.1) is 0 Å². The second-order valence-electron chi connectivity index (χ2n) is 7.09. The maximum atomic E-state index is 12.3. The average molecular weight is 420 g/mol. The lowest BCUT2D eigenvalue weighted by atomic mass is 9.91. The molecule has 0 saturated heterocycles. The van der Waals surface area contributed by atoms with Gasteiger partial charge in [-0.3, -0.25) is 9.59 Å².